The fraction of sp³-hybridized carbons (Fsp3) is 0.294. The van der Waals surface area contributed by atoms with Crippen LogP contribution in [-0.4, -0.2) is 20.1 Å². The highest BCUT2D eigenvalue weighted by Gasteiger charge is 2.28. The molecule has 1 fully saturated rings. The van der Waals surface area contributed by atoms with Gasteiger partial charge in [-0.15, -0.1) is 0 Å². The minimum atomic E-state index is 0.684. The molecule has 0 atom stereocenters. The number of anilines is 1. The van der Waals surface area contributed by atoms with Crippen LogP contribution in [0, 0.1) is 0 Å². The van der Waals surface area contributed by atoms with Crippen molar-refractivity contribution in [1.29, 1.82) is 0 Å². The van der Waals surface area contributed by atoms with Crippen molar-refractivity contribution in [3.05, 3.63) is 65.7 Å². The molecule has 2 aromatic carbocycles. The zero-order chi connectivity index (χ0) is 13.1. The summed E-state index contributed by atoms with van der Waals surface area (Å²) in [6.07, 6.45) is 0. The predicted octanol–water partition coefficient (Wildman–Crippen LogP) is 3.01. The van der Waals surface area contributed by atoms with E-state index in [-0.39, 0.29) is 0 Å². The molecule has 1 saturated heterocycles. The Morgan fingerprint density at radius 3 is 2.42 bits per heavy atom. The molecule has 1 aliphatic heterocycles. The van der Waals surface area contributed by atoms with Gasteiger partial charge in [-0.3, -0.25) is 0 Å². The molecule has 19 heavy (non-hydrogen) atoms. The maximum Gasteiger partial charge on any atom is 0.0412 e. The first kappa shape index (κ1) is 12.2. The van der Waals surface area contributed by atoms with Gasteiger partial charge in [0, 0.05) is 31.2 Å². The summed E-state index contributed by atoms with van der Waals surface area (Å²) in [5.74, 6) is 0.684. The van der Waals surface area contributed by atoms with Crippen molar-refractivity contribution in [2.24, 2.45) is 0 Å². The lowest BCUT2D eigenvalue weighted by Gasteiger charge is -2.42. The van der Waals surface area contributed by atoms with Crippen LogP contribution < -0.4 is 10.2 Å². The lowest BCUT2D eigenvalue weighted by Crippen LogP contribution is -2.45. The first-order chi connectivity index (χ1) is 9.38. The maximum absolute atomic E-state index is 3.24. The highest BCUT2D eigenvalue weighted by molar-refractivity contribution is 5.56. The number of rotatable bonds is 4. The molecule has 0 bridgehead atoms. The van der Waals surface area contributed by atoms with E-state index in [1.807, 2.05) is 7.05 Å². The van der Waals surface area contributed by atoms with Crippen molar-refractivity contribution in [2.45, 2.75) is 12.5 Å². The van der Waals surface area contributed by atoms with Crippen LogP contribution in [0.3, 0.4) is 0 Å². The summed E-state index contributed by atoms with van der Waals surface area (Å²) in [4.78, 5) is 2.48. The fourth-order valence-corrected chi connectivity index (χ4v) is 2.77. The Morgan fingerprint density at radius 1 is 1.00 bits per heavy atom. The molecule has 3 rings (SSSR count). The molecule has 1 heterocycles. The van der Waals surface area contributed by atoms with E-state index < -0.39 is 0 Å². The van der Waals surface area contributed by atoms with Gasteiger partial charge in [0.15, 0.2) is 0 Å². The van der Waals surface area contributed by atoms with Crippen LogP contribution in [0.4, 0.5) is 5.69 Å². The van der Waals surface area contributed by atoms with Gasteiger partial charge in [-0.25, -0.2) is 0 Å². The zero-order valence-electron chi connectivity index (χ0n) is 11.3. The summed E-state index contributed by atoms with van der Waals surface area (Å²) in [6, 6.07) is 19.5. The largest absolute Gasteiger partial charge is 0.370 e. The van der Waals surface area contributed by atoms with Gasteiger partial charge in [-0.1, -0.05) is 48.5 Å². The van der Waals surface area contributed by atoms with Gasteiger partial charge in [-0.2, -0.15) is 0 Å². The molecule has 2 nitrogen and oxygen atoms in total. The summed E-state index contributed by atoms with van der Waals surface area (Å²) >= 11 is 0. The molecule has 0 amide bonds. The summed E-state index contributed by atoms with van der Waals surface area (Å²) < 4.78 is 0. The van der Waals surface area contributed by atoms with E-state index in [0.717, 1.165) is 19.6 Å². The number of hydrogen-bond acceptors (Lipinski definition) is 2. The van der Waals surface area contributed by atoms with Crippen LogP contribution in [0.1, 0.15) is 17.0 Å². The molecule has 98 valence electrons. The van der Waals surface area contributed by atoms with Crippen LogP contribution in [-0.2, 0) is 6.54 Å². The summed E-state index contributed by atoms with van der Waals surface area (Å²) in [7, 11) is 2.00. The Bertz CT molecular complexity index is 530. The van der Waals surface area contributed by atoms with Gasteiger partial charge in [0.25, 0.3) is 0 Å². The molecular weight excluding hydrogens is 232 g/mol. The maximum atomic E-state index is 3.24. The second kappa shape index (κ2) is 5.45. The topological polar surface area (TPSA) is 15.3 Å². The quantitative estimate of drug-likeness (QED) is 0.900. The van der Waals surface area contributed by atoms with Gasteiger partial charge in [0.1, 0.15) is 0 Å². The normalized spacial score (nSPS) is 15.3. The first-order valence-electron chi connectivity index (χ1n) is 6.91. The van der Waals surface area contributed by atoms with Gasteiger partial charge in [-0.05, 0) is 24.2 Å². The fourth-order valence-electron chi connectivity index (χ4n) is 2.77. The lowest BCUT2D eigenvalue weighted by molar-refractivity contribution is 0.523. The summed E-state index contributed by atoms with van der Waals surface area (Å²) in [6.45, 7) is 3.19. The number of para-hydroxylation sites is 1. The van der Waals surface area contributed by atoms with Crippen LogP contribution in [0.2, 0.25) is 0 Å². The van der Waals surface area contributed by atoms with E-state index in [0.29, 0.717) is 5.92 Å². The molecule has 2 heteroatoms. The van der Waals surface area contributed by atoms with E-state index in [4.69, 9.17) is 0 Å². The minimum absolute atomic E-state index is 0.684. The zero-order valence-corrected chi connectivity index (χ0v) is 11.3. The van der Waals surface area contributed by atoms with E-state index >= 15 is 0 Å². The van der Waals surface area contributed by atoms with Crippen molar-refractivity contribution in [2.75, 3.05) is 25.0 Å². The standard InChI is InChI=1S/C17H20N2/c1-18-11-15-9-5-6-10-17(15)19-12-16(13-19)14-7-3-2-4-8-14/h2-10,16,18H,11-13H2,1H3. The lowest BCUT2D eigenvalue weighted by atomic mass is 9.90. The molecular formula is C17H20N2. The molecule has 0 unspecified atom stereocenters. The Hall–Kier alpha value is -1.80. The van der Waals surface area contributed by atoms with Crippen LogP contribution in [0.25, 0.3) is 0 Å². The van der Waals surface area contributed by atoms with E-state index in [9.17, 15) is 0 Å². The van der Waals surface area contributed by atoms with E-state index in [2.05, 4.69) is 64.8 Å². The van der Waals surface area contributed by atoms with Gasteiger partial charge >= 0.3 is 0 Å². The van der Waals surface area contributed by atoms with Gasteiger partial charge < -0.3 is 10.2 Å². The van der Waals surface area contributed by atoms with Crippen molar-refractivity contribution in [3.63, 3.8) is 0 Å². The first-order valence-corrected chi connectivity index (χ1v) is 6.91. The van der Waals surface area contributed by atoms with Crippen molar-refractivity contribution in [1.82, 2.24) is 5.32 Å². The number of benzene rings is 2. The molecule has 0 saturated carbocycles. The molecule has 1 aliphatic rings. The van der Waals surface area contributed by atoms with Gasteiger partial charge in [0.2, 0.25) is 0 Å². The Morgan fingerprint density at radius 2 is 1.68 bits per heavy atom. The third kappa shape index (κ3) is 2.49. The predicted molar refractivity (Wildman–Crippen MR) is 80.6 cm³/mol. The molecule has 0 radical (unpaired) electrons. The van der Waals surface area contributed by atoms with Gasteiger partial charge in [0.05, 0.1) is 0 Å². The average molecular weight is 252 g/mol. The highest BCUT2D eigenvalue weighted by Crippen LogP contribution is 2.33. The second-order valence-corrected chi connectivity index (χ2v) is 5.17. The monoisotopic (exact) mass is 252 g/mol. The molecule has 0 spiro atoms. The summed E-state index contributed by atoms with van der Waals surface area (Å²) in [5, 5.41) is 3.24. The second-order valence-electron chi connectivity index (χ2n) is 5.17. The molecule has 0 aliphatic carbocycles. The van der Waals surface area contributed by atoms with E-state index in [1.54, 1.807) is 0 Å². The minimum Gasteiger partial charge on any atom is -0.370 e. The SMILES string of the molecule is CNCc1ccccc1N1CC(c2ccccc2)C1. The van der Waals surface area contributed by atoms with Crippen molar-refractivity contribution < 1.29 is 0 Å². The highest BCUT2D eigenvalue weighted by atomic mass is 15.2. The third-order valence-corrected chi connectivity index (χ3v) is 3.85. The molecule has 1 N–H and O–H groups in total. The Labute approximate surface area is 115 Å². The van der Waals surface area contributed by atoms with Crippen LogP contribution in [0.5, 0.6) is 0 Å². The number of nitrogens with zero attached hydrogens (tertiary/aromatic N) is 1. The van der Waals surface area contributed by atoms with E-state index in [1.165, 1.54) is 16.8 Å². The summed E-state index contributed by atoms with van der Waals surface area (Å²) in [5.41, 5.74) is 4.23. The smallest absolute Gasteiger partial charge is 0.0412 e. The third-order valence-electron chi connectivity index (χ3n) is 3.85. The molecule has 0 aromatic heterocycles. The molecule has 2 aromatic rings. The number of nitrogens with one attached hydrogen (secondary N) is 1. The van der Waals surface area contributed by atoms with Crippen LogP contribution in [0.15, 0.2) is 54.6 Å². The van der Waals surface area contributed by atoms with Crippen molar-refractivity contribution >= 4 is 5.69 Å². The average Bonchev–Trinajstić information content (AvgIpc) is 2.41. The Balaban J connectivity index is 1.71. The van der Waals surface area contributed by atoms with Crippen LogP contribution >= 0.6 is 0 Å². The Kier molecular flexibility index (Phi) is 3.51. The van der Waals surface area contributed by atoms with Crippen molar-refractivity contribution in [3.8, 4) is 0 Å². The number of hydrogen-bond donors (Lipinski definition) is 1.